The smallest absolute Gasteiger partial charge is 0.119 e. The molecule has 0 heterocycles. The summed E-state index contributed by atoms with van der Waals surface area (Å²) < 4.78 is 10.9. The van der Waals surface area contributed by atoms with Gasteiger partial charge in [-0.2, -0.15) is 0 Å². The lowest BCUT2D eigenvalue weighted by Gasteiger charge is -2.31. The number of nitrogens with zero attached hydrogens (tertiary/aromatic N) is 2. The fourth-order valence-electron chi connectivity index (χ4n) is 2.44. The van der Waals surface area contributed by atoms with Gasteiger partial charge in [-0.1, -0.05) is 36.4 Å². The molecule has 3 rings (SSSR count). The first-order chi connectivity index (χ1) is 14.7. The fourth-order valence-corrected chi connectivity index (χ4v) is 2.44. The van der Waals surface area contributed by atoms with Crippen LogP contribution in [0.4, 0.5) is 11.4 Å². The summed E-state index contributed by atoms with van der Waals surface area (Å²) in [6, 6.07) is 24.3. The zero-order chi connectivity index (χ0) is 21.0. The summed E-state index contributed by atoms with van der Waals surface area (Å²) in [5.74, 6) is 1.40. The highest BCUT2D eigenvalue weighted by Crippen LogP contribution is 2.20. The second-order valence-electron chi connectivity index (χ2n) is 6.02. The number of anilines is 2. The summed E-state index contributed by atoms with van der Waals surface area (Å²) in [4.78, 5) is 10.2. The number of ether oxygens (including phenoxy) is 2. The lowest BCUT2D eigenvalue weighted by molar-refractivity contribution is 0.0973. The predicted molar refractivity (Wildman–Crippen MR) is 114 cm³/mol. The fraction of sp³-hybridized carbons (Fsp3) is 0.182. The molecule has 3 aromatic rings. The monoisotopic (exact) mass is 410 g/mol. The standard InChI is InChI=1S/C22H22N2O6/c25-23(29-17-15-27-21-7-3-1-4-8-21)19-11-13-20(14-12-19)24(26)30-18-16-28-22-9-5-2-6-10-22/h1-14H,15-18H2/q-2. The van der Waals surface area contributed by atoms with Gasteiger partial charge in [-0.15, -0.1) is 0 Å². The summed E-state index contributed by atoms with van der Waals surface area (Å²) in [5, 5.41) is 24.7. The van der Waals surface area contributed by atoms with E-state index in [9.17, 15) is 10.4 Å². The molecule has 0 N–H and O–H groups in total. The molecule has 158 valence electrons. The van der Waals surface area contributed by atoms with E-state index >= 15 is 0 Å². The maximum atomic E-state index is 12.0. The van der Waals surface area contributed by atoms with Crippen molar-refractivity contribution in [2.45, 2.75) is 0 Å². The van der Waals surface area contributed by atoms with Gasteiger partial charge in [0.25, 0.3) is 0 Å². The highest BCUT2D eigenvalue weighted by Gasteiger charge is 2.01. The van der Waals surface area contributed by atoms with Crippen LogP contribution in [-0.2, 0) is 9.68 Å². The first kappa shape index (κ1) is 21.4. The van der Waals surface area contributed by atoms with E-state index in [-0.39, 0.29) is 37.8 Å². The van der Waals surface area contributed by atoms with Gasteiger partial charge in [0.15, 0.2) is 0 Å². The van der Waals surface area contributed by atoms with Crippen molar-refractivity contribution >= 4 is 11.4 Å². The average Bonchev–Trinajstić information content (AvgIpc) is 2.81. The van der Waals surface area contributed by atoms with E-state index in [4.69, 9.17) is 19.1 Å². The Morgan fingerprint density at radius 1 is 0.500 bits per heavy atom. The van der Waals surface area contributed by atoms with Crippen LogP contribution in [-0.4, -0.2) is 26.4 Å². The molecular formula is C22H22N2O6-2. The minimum Gasteiger partial charge on any atom is -0.733 e. The normalized spacial score (nSPS) is 10.5. The number of benzene rings is 3. The van der Waals surface area contributed by atoms with Crippen molar-refractivity contribution in [3.05, 3.63) is 95.3 Å². The number of para-hydroxylation sites is 2. The SMILES string of the molecule is [O-]N(OCCOc1ccccc1)c1ccc(N([O-])OCCOc2ccccc2)cc1. The largest absolute Gasteiger partial charge is 0.733 e. The van der Waals surface area contributed by atoms with Gasteiger partial charge in [0, 0.05) is 0 Å². The van der Waals surface area contributed by atoms with E-state index in [0.717, 1.165) is 0 Å². The molecule has 0 bridgehead atoms. The maximum absolute atomic E-state index is 12.0. The summed E-state index contributed by atoms with van der Waals surface area (Å²) in [6.07, 6.45) is 0. The van der Waals surface area contributed by atoms with Gasteiger partial charge in [0.2, 0.25) is 0 Å². The van der Waals surface area contributed by atoms with Gasteiger partial charge in [-0.25, -0.2) is 0 Å². The average molecular weight is 410 g/mol. The molecule has 8 nitrogen and oxygen atoms in total. The Kier molecular flexibility index (Phi) is 8.31. The van der Waals surface area contributed by atoms with E-state index in [1.165, 1.54) is 24.3 Å². The van der Waals surface area contributed by atoms with Gasteiger partial charge in [0.1, 0.15) is 37.9 Å². The van der Waals surface area contributed by atoms with Gasteiger partial charge in [0.05, 0.1) is 11.4 Å². The summed E-state index contributed by atoms with van der Waals surface area (Å²) >= 11 is 0. The maximum Gasteiger partial charge on any atom is 0.119 e. The summed E-state index contributed by atoms with van der Waals surface area (Å²) in [5.41, 5.74) is 0.499. The number of rotatable bonds is 12. The van der Waals surface area contributed by atoms with Gasteiger partial charge >= 0.3 is 0 Å². The molecule has 8 heteroatoms. The molecule has 3 aromatic carbocycles. The van der Waals surface area contributed by atoms with Crippen molar-refractivity contribution in [1.29, 1.82) is 0 Å². The molecule has 0 atom stereocenters. The second-order valence-corrected chi connectivity index (χ2v) is 6.02. The van der Waals surface area contributed by atoms with E-state index in [0.29, 0.717) is 22.0 Å². The van der Waals surface area contributed by atoms with Crippen molar-refractivity contribution in [2.75, 3.05) is 36.9 Å². The number of hydrogen-bond donors (Lipinski definition) is 0. The first-order valence-corrected chi connectivity index (χ1v) is 9.38. The first-order valence-electron chi connectivity index (χ1n) is 9.38. The van der Waals surface area contributed by atoms with Crippen molar-refractivity contribution in [3.8, 4) is 11.5 Å². The van der Waals surface area contributed by atoms with Crippen LogP contribution in [0.3, 0.4) is 0 Å². The van der Waals surface area contributed by atoms with Crippen LogP contribution in [0.1, 0.15) is 0 Å². The zero-order valence-corrected chi connectivity index (χ0v) is 16.3. The molecule has 0 aliphatic carbocycles. The van der Waals surface area contributed by atoms with Crippen LogP contribution in [0, 0.1) is 10.4 Å². The van der Waals surface area contributed by atoms with Crippen molar-refractivity contribution in [3.63, 3.8) is 0 Å². The Morgan fingerprint density at radius 3 is 1.23 bits per heavy atom. The molecule has 30 heavy (non-hydrogen) atoms. The quantitative estimate of drug-likeness (QED) is 0.322. The Morgan fingerprint density at radius 2 is 0.867 bits per heavy atom. The molecule has 0 saturated carbocycles. The third kappa shape index (κ3) is 6.94. The minimum atomic E-state index is 0.0817. The molecule has 0 aliphatic heterocycles. The summed E-state index contributed by atoms with van der Waals surface area (Å²) in [7, 11) is 0. The highest BCUT2D eigenvalue weighted by molar-refractivity contribution is 5.54. The van der Waals surface area contributed by atoms with E-state index in [1.807, 2.05) is 60.7 Å². The molecule has 0 amide bonds. The third-order valence-electron chi connectivity index (χ3n) is 3.88. The molecule has 0 radical (unpaired) electrons. The predicted octanol–water partition coefficient (Wildman–Crippen LogP) is 4.32. The third-order valence-corrected chi connectivity index (χ3v) is 3.88. The molecular weight excluding hydrogens is 388 g/mol. The molecule has 0 saturated heterocycles. The second kappa shape index (κ2) is 11.6. The van der Waals surface area contributed by atoms with Crippen LogP contribution < -0.4 is 19.9 Å². The Hall–Kier alpha value is -3.30. The van der Waals surface area contributed by atoms with E-state index in [2.05, 4.69) is 0 Å². The van der Waals surface area contributed by atoms with Gasteiger partial charge in [-0.3, -0.25) is 9.68 Å². The van der Waals surface area contributed by atoms with Crippen LogP contribution >= 0.6 is 0 Å². The summed E-state index contributed by atoms with van der Waals surface area (Å²) in [6.45, 7) is 0.624. The Bertz CT molecular complexity index is 776. The Labute approximate surface area is 174 Å². The Balaban J connectivity index is 1.35. The number of hydrogen-bond acceptors (Lipinski definition) is 8. The molecule has 0 aromatic heterocycles. The van der Waals surface area contributed by atoms with Crippen molar-refractivity contribution < 1.29 is 19.1 Å². The minimum absolute atomic E-state index is 0.0817. The highest BCUT2D eigenvalue weighted by atomic mass is 16.9. The van der Waals surface area contributed by atoms with Gasteiger partial charge < -0.3 is 30.3 Å². The van der Waals surface area contributed by atoms with Crippen molar-refractivity contribution in [2.24, 2.45) is 0 Å². The lowest BCUT2D eigenvalue weighted by atomic mass is 10.3. The van der Waals surface area contributed by atoms with Crippen LogP contribution in [0.25, 0.3) is 0 Å². The lowest BCUT2D eigenvalue weighted by Crippen LogP contribution is -2.21. The van der Waals surface area contributed by atoms with E-state index < -0.39 is 0 Å². The molecule has 0 aliphatic rings. The van der Waals surface area contributed by atoms with E-state index in [1.54, 1.807) is 0 Å². The van der Waals surface area contributed by atoms with Crippen molar-refractivity contribution in [1.82, 2.24) is 0 Å². The van der Waals surface area contributed by atoms with Crippen LogP contribution in [0.2, 0.25) is 0 Å². The zero-order valence-electron chi connectivity index (χ0n) is 16.3. The van der Waals surface area contributed by atoms with Crippen LogP contribution in [0.15, 0.2) is 84.9 Å². The molecule has 0 unspecified atom stereocenters. The molecule has 0 fully saturated rings. The van der Waals surface area contributed by atoms with Crippen LogP contribution in [0.5, 0.6) is 11.5 Å². The topological polar surface area (TPSA) is 89.5 Å². The molecule has 0 spiro atoms. The van der Waals surface area contributed by atoms with Gasteiger partial charge in [-0.05, 0) is 48.5 Å².